The topological polar surface area (TPSA) is 87.5 Å². The number of rotatable bonds is 3. The second-order valence-corrected chi connectivity index (χ2v) is 6.21. The summed E-state index contributed by atoms with van der Waals surface area (Å²) in [5.74, 6) is -1.63. The molecule has 0 bridgehead atoms. The minimum absolute atomic E-state index is 0.0261. The first-order valence-corrected chi connectivity index (χ1v) is 8.00. The van der Waals surface area contributed by atoms with Gasteiger partial charge in [0.1, 0.15) is 5.56 Å². The third-order valence-corrected chi connectivity index (χ3v) is 4.58. The lowest BCUT2D eigenvalue weighted by Gasteiger charge is -2.29. The molecule has 0 aromatic carbocycles. The zero-order chi connectivity index (χ0) is 16.8. The van der Waals surface area contributed by atoms with Crippen molar-refractivity contribution in [1.29, 1.82) is 0 Å². The maximum Gasteiger partial charge on any atom is 0.341 e. The highest BCUT2D eigenvalue weighted by Crippen LogP contribution is 2.38. The summed E-state index contributed by atoms with van der Waals surface area (Å²) in [6.45, 7) is 2.76. The molecule has 126 valence electrons. The summed E-state index contributed by atoms with van der Waals surface area (Å²) >= 11 is 0. The minimum Gasteiger partial charge on any atom is -0.477 e. The van der Waals surface area contributed by atoms with Crippen molar-refractivity contribution in [3.63, 3.8) is 0 Å². The van der Waals surface area contributed by atoms with E-state index in [2.05, 4.69) is 10.3 Å². The van der Waals surface area contributed by atoms with Gasteiger partial charge in [0, 0.05) is 44.6 Å². The Bertz CT molecular complexity index is 885. The fourth-order valence-corrected chi connectivity index (χ4v) is 3.18. The van der Waals surface area contributed by atoms with Crippen LogP contribution in [0.2, 0.25) is 0 Å². The molecule has 2 aromatic rings. The number of piperazine rings is 1. The zero-order valence-corrected chi connectivity index (χ0v) is 13.0. The molecule has 0 spiro atoms. The monoisotopic (exact) mass is 332 g/mol. The molecule has 8 heteroatoms. The summed E-state index contributed by atoms with van der Waals surface area (Å²) in [6.07, 6.45) is 4.28. The van der Waals surface area contributed by atoms with E-state index in [1.54, 1.807) is 4.57 Å². The quantitative estimate of drug-likeness (QED) is 0.871. The minimum atomic E-state index is -1.30. The molecule has 1 saturated heterocycles. The molecule has 0 unspecified atom stereocenters. The Kier molecular flexibility index (Phi) is 3.49. The number of aromatic carboxylic acids is 1. The molecular formula is C16H17FN4O3. The molecule has 2 N–H and O–H groups in total. The van der Waals surface area contributed by atoms with Crippen LogP contribution >= 0.6 is 0 Å². The number of hydrogen-bond donors (Lipinski definition) is 2. The van der Waals surface area contributed by atoms with Gasteiger partial charge >= 0.3 is 5.97 Å². The van der Waals surface area contributed by atoms with E-state index in [0.29, 0.717) is 13.1 Å². The van der Waals surface area contributed by atoms with Crippen molar-refractivity contribution in [3.05, 3.63) is 34.0 Å². The van der Waals surface area contributed by atoms with E-state index >= 15 is 4.39 Å². The highest BCUT2D eigenvalue weighted by atomic mass is 19.1. The van der Waals surface area contributed by atoms with Gasteiger partial charge in [-0.1, -0.05) is 0 Å². The Labute approximate surface area is 136 Å². The molecule has 1 aliphatic carbocycles. The highest BCUT2D eigenvalue weighted by molar-refractivity contribution is 5.93. The smallest absolute Gasteiger partial charge is 0.341 e. The van der Waals surface area contributed by atoms with Crippen LogP contribution in [-0.2, 0) is 0 Å². The van der Waals surface area contributed by atoms with Gasteiger partial charge in [0.15, 0.2) is 11.6 Å². The molecule has 2 aromatic heterocycles. The van der Waals surface area contributed by atoms with Crippen LogP contribution in [0.3, 0.4) is 0 Å². The standard InChI is InChI=1S/C16H17FN4O3/c17-12-13-10(7-19-15(12)20-5-3-18-4-6-20)14(22)11(16(23)24)8-21(13)9-1-2-9/h7-9,18H,1-6H2,(H,23,24). The maximum atomic E-state index is 15.2. The van der Waals surface area contributed by atoms with Gasteiger partial charge in [-0.2, -0.15) is 0 Å². The SMILES string of the molecule is O=C(O)c1cn(C2CC2)c2c(F)c(N3CCNCC3)ncc2c1=O. The van der Waals surface area contributed by atoms with Crippen LogP contribution in [0.5, 0.6) is 0 Å². The van der Waals surface area contributed by atoms with Crippen molar-refractivity contribution in [2.24, 2.45) is 0 Å². The Morgan fingerprint density at radius 1 is 1.33 bits per heavy atom. The van der Waals surface area contributed by atoms with Crippen molar-refractivity contribution >= 4 is 22.7 Å². The van der Waals surface area contributed by atoms with Gasteiger partial charge in [-0.15, -0.1) is 0 Å². The number of pyridine rings is 2. The second-order valence-electron chi connectivity index (χ2n) is 6.21. The number of anilines is 1. The largest absolute Gasteiger partial charge is 0.477 e. The van der Waals surface area contributed by atoms with Gasteiger partial charge in [-0.05, 0) is 12.8 Å². The van der Waals surface area contributed by atoms with Crippen LogP contribution in [0.15, 0.2) is 17.2 Å². The summed E-state index contributed by atoms with van der Waals surface area (Å²) < 4.78 is 16.8. The van der Waals surface area contributed by atoms with Gasteiger partial charge in [0.2, 0.25) is 5.43 Å². The molecule has 2 fully saturated rings. The van der Waals surface area contributed by atoms with Gasteiger partial charge in [0.05, 0.1) is 10.9 Å². The van der Waals surface area contributed by atoms with E-state index < -0.39 is 17.2 Å². The molecule has 4 rings (SSSR count). The van der Waals surface area contributed by atoms with Crippen LogP contribution in [0.1, 0.15) is 29.2 Å². The Morgan fingerprint density at radius 2 is 2.04 bits per heavy atom. The predicted molar refractivity (Wildman–Crippen MR) is 86.3 cm³/mol. The van der Waals surface area contributed by atoms with Crippen LogP contribution < -0.4 is 15.6 Å². The number of halogens is 1. The van der Waals surface area contributed by atoms with Gasteiger partial charge < -0.3 is 19.9 Å². The summed E-state index contributed by atoms with van der Waals surface area (Å²) in [7, 11) is 0. The fourth-order valence-electron chi connectivity index (χ4n) is 3.18. The Hall–Kier alpha value is -2.48. The number of aromatic nitrogens is 2. The molecule has 0 amide bonds. The predicted octanol–water partition coefficient (Wildman–Crippen LogP) is 0.978. The van der Waals surface area contributed by atoms with E-state index in [1.165, 1.54) is 12.4 Å². The zero-order valence-electron chi connectivity index (χ0n) is 13.0. The first-order valence-electron chi connectivity index (χ1n) is 8.00. The number of carboxylic acids is 1. The van der Waals surface area contributed by atoms with Gasteiger partial charge in [-0.25, -0.2) is 14.2 Å². The first kappa shape index (κ1) is 15.1. The van der Waals surface area contributed by atoms with E-state index in [9.17, 15) is 14.7 Å². The van der Waals surface area contributed by atoms with E-state index in [4.69, 9.17) is 0 Å². The number of fused-ring (bicyclic) bond motifs is 1. The number of nitrogens with one attached hydrogen (secondary N) is 1. The number of nitrogens with zero attached hydrogens (tertiary/aromatic N) is 3. The van der Waals surface area contributed by atoms with Gasteiger partial charge in [0.25, 0.3) is 0 Å². The van der Waals surface area contributed by atoms with E-state index in [1.807, 2.05) is 4.90 Å². The van der Waals surface area contributed by atoms with Crippen molar-refractivity contribution in [2.45, 2.75) is 18.9 Å². The lowest BCUT2D eigenvalue weighted by Crippen LogP contribution is -2.44. The molecule has 7 nitrogen and oxygen atoms in total. The molecule has 0 radical (unpaired) electrons. The average molecular weight is 332 g/mol. The third kappa shape index (κ3) is 2.34. The molecule has 2 aliphatic rings. The first-order chi connectivity index (χ1) is 11.6. The van der Waals surface area contributed by atoms with Crippen LogP contribution in [0.4, 0.5) is 10.2 Å². The van der Waals surface area contributed by atoms with Gasteiger partial charge in [-0.3, -0.25) is 4.79 Å². The van der Waals surface area contributed by atoms with Crippen molar-refractivity contribution < 1.29 is 14.3 Å². The average Bonchev–Trinajstić information content (AvgIpc) is 3.41. The maximum absolute atomic E-state index is 15.2. The third-order valence-electron chi connectivity index (χ3n) is 4.58. The number of hydrogen-bond acceptors (Lipinski definition) is 5. The molecule has 1 saturated carbocycles. The molecule has 3 heterocycles. The van der Waals surface area contributed by atoms with Crippen LogP contribution in [-0.4, -0.2) is 46.8 Å². The molecule has 0 atom stereocenters. The van der Waals surface area contributed by atoms with Crippen molar-refractivity contribution in [3.8, 4) is 0 Å². The normalized spacial score (nSPS) is 18.1. The Morgan fingerprint density at radius 3 is 2.67 bits per heavy atom. The van der Waals surface area contributed by atoms with Crippen molar-refractivity contribution in [1.82, 2.24) is 14.9 Å². The number of carboxylic acid groups (broad SMARTS) is 1. The molecular weight excluding hydrogens is 315 g/mol. The molecule has 1 aliphatic heterocycles. The molecule has 24 heavy (non-hydrogen) atoms. The van der Waals surface area contributed by atoms with E-state index in [-0.39, 0.29) is 28.3 Å². The summed E-state index contributed by atoms with van der Waals surface area (Å²) in [6, 6.07) is 0.0407. The highest BCUT2D eigenvalue weighted by Gasteiger charge is 2.30. The van der Waals surface area contributed by atoms with Crippen molar-refractivity contribution in [2.75, 3.05) is 31.1 Å². The summed E-state index contributed by atoms with van der Waals surface area (Å²) in [5.41, 5.74) is -0.866. The van der Waals surface area contributed by atoms with Crippen LogP contribution in [0, 0.1) is 5.82 Å². The second kappa shape index (κ2) is 5.55. The number of carbonyl (C=O) groups is 1. The van der Waals surface area contributed by atoms with E-state index in [0.717, 1.165) is 25.9 Å². The summed E-state index contributed by atoms with van der Waals surface area (Å²) in [5, 5.41) is 12.5. The van der Waals surface area contributed by atoms with Crippen LogP contribution in [0.25, 0.3) is 10.9 Å². The lowest BCUT2D eigenvalue weighted by molar-refractivity contribution is 0.0695. The lowest BCUT2D eigenvalue weighted by atomic mass is 10.1. The fraction of sp³-hybridized carbons (Fsp3) is 0.438. The Balaban J connectivity index is 1.97. The summed E-state index contributed by atoms with van der Waals surface area (Å²) in [4.78, 5) is 29.7.